The van der Waals surface area contributed by atoms with Crippen LogP contribution in [-0.4, -0.2) is 19.0 Å². The zero-order valence-electron chi connectivity index (χ0n) is 6.91. The van der Waals surface area contributed by atoms with E-state index >= 15 is 0 Å². The first-order valence-corrected chi connectivity index (χ1v) is 4.21. The summed E-state index contributed by atoms with van der Waals surface area (Å²) >= 11 is 0. The van der Waals surface area contributed by atoms with Crippen LogP contribution in [0.1, 0.15) is 25.7 Å². The molecule has 1 saturated heterocycles. The molecule has 1 saturated carbocycles. The molecule has 0 aromatic rings. The van der Waals surface area contributed by atoms with Gasteiger partial charge in [-0.15, -0.1) is 12.4 Å². The molecular formula is C8H14ClF2N. The predicted molar refractivity (Wildman–Crippen MR) is 46.0 cm³/mol. The maximum atomic E-state index is 12.8. The number of alkyl halides is 2. The monoisotopic (exact) mass is 197 g/mol. The van der Waals surface area contributed by atoms with Gasteiger partial charge in [0.05, 0.1) is 0 Å². The summed E-state index contributed by atoms with van der Waals surface area (Å²) in [5.74, 6) is -2.37. The van der Waals surface area contributed by atoms with Crippen molar-refractivity contribution >= 4 is 12.4 Å². The molecule has 0 radical (unpaired) electrons. The largest absolute Gasteiger partial charge is 0.316 e. The second-order valence-electron chi connectivity index (χ2n) is 3.96. The number of halogens is 3. The highest BCUT2D eigenvalue weighted by atomic mass is 35.5. The van der Waals surface area contributed by atoms with E-state index < -0.39 is 5.92 Å². The minimum Gasteiger partial charge on any atom is -0.316 e. The third kappa shape index (κ3) is 1.72. The van der Waals surface area contributed by atoms with E-state index in [2.05, 4.69) is 5.32 Å². The molecule has 0 amide bonds. The van der Waals surface area contributed by atoms with Gasteiger partial charge in [0, 0.05) is 19.4 Å². The van der Waals surface area contributed by atoms with Crippen molar-refractivity contribution in [2.24, 2.45) is 5.41 Å². The maximum absolute atomic E-state index is 12.8. The Kier molecular flexibility index (Phi) is 2.64. The zero-order valence-corrected chi connectivity index (χ0v) is 7.72. The van der Waals surface area contributed by atoms with Gasteiger partial charge < -0.3 is 5.32 Å². The summed E-state index contributed by atoms with van der Waals surface area (Å²) in [6.45, 7) is 1.73. The van der Waals surface area contributed by atoms with Gasteiger partial charge in [-0.25, -0.2) is 8.78 Å². The van der Waals surface area contributed by atoms with Crippen LogP contribution in [0.25, 0.3) is 0 Å². The average Bonchev–Trinajstić information content (AvgIpc) is 2.43. The molecule has 1 N–H and O–H groups in total. The zero-order chi connectivity index (χ0) is 7.95. The predicted octanol–water partition coefficient (Wildman–Crippen LogP) is 2.21. The third-order valence-electron chi connectivity index (χ3n) is 2.99. The fraction of sp³-hybridized carbons (Fsp3) is 1.00. The van der Waals surface area contributed by atoms with Crippen LogP contribution in [0.5, 0.6) is 0 Å². The van der Waals surface area contributed by atoms with Gasteiger partial charge in [0.1, 0.15) is 0 Å². The van der Waals surface area contributed by atoms with Crippen LogP contribution < -0.4 is 5.32 Å². The maximum Gasteiger partial charge on any atom is 0.248 e. The van der Waals surface area contributed by atoms with Gasteiger partial charge in [0.15, 0.2) is 0 Å². The van der Waals surface area contributed by atoms with Crippen molar-refractivity contribution in [3.8, 4) is 0 Å². The Bertz CT molecular complexity index is 166. The first-order valence-electron chi connectivity index (χ1n) is 4.21. The number of nitrogens with one attached hydrogen (secondary N) is 1. The van der Waals surface area contributed by atoms with E-state index in [1.807, 2.05) is 0 Å². The summed E-state index contributed by atoms with van der Waals surface area (Å²) in [4.78, 5) is 0. The van der Waals surface area contributed by atoms with Gasteiger partial charge in [-0.1, -0.05) is 0 Å². The van der Waals surface area contributed by atoms with Crippen LogP contribution >= 0.6 is 12.4 Å². The Morgan fingerprint density at radius 2 is 1.83 bits per heavy atom. The lowest BCUT2D eigenvalue weighted by Crippen LogP contribution is -2.22. The first kappa shape index (κ1) is 10.2. The standard InChI is InChI=1S/C8H13F2N.ClH/c9-8(10)2-1-7(5-8)3-4-11-6-7;/h11H,1-6H2;1H. The van der Waals surface area contributed by atoms with E-state index in [-0.39, 0.29) is 30.7 Å². The highest BCUT2D eigenvalue weighted by Crippen LogP contribution is 2.50. The average molecular weight is 198 g/mol. The Morgan fingerprint density at radius 1 is 1.08 bits per heavy atom. The molecular weight excluding hydrogens is 184 g/mol. The van der Waals surface area contributed by atoms with Crippen LogP contribution in [0.15, 0.2) is 0 Å². The highest BCUT2D eigenvalue weighted by molar-refractivity contribution is 5.85. The van der Waals surface area contributed by atoms with E-state index in [0.717, 1.165) is 19.5 Å². The van der Waals surface area contributed by atoms with Gasteiger partial charge in [0.2, 0.25) is 5.92 Å². The number of hydrogen-bond donors (Lipinski definition) is 1. The quantitative estimate of drug-likeness (QED) is 0.628. The lowest BCUT2D eigenvalue weighted by molar-refractivity contribution is -0.00202. The van der Waals surface area contributed by atoms with Crippen molar-refractivity contribution in [1.29, 1.82) is 0 Å². The lowest BCUT2D eigenvalue weighted by atomic mass is 9.85. The molecule has 0 aromatic carbocycles. The van der Waals surface area contributed by atoms with Crippen LogP contribution in [0.2, 0.25) is 0 Å². The summed E-state index contributed by atoms with van der Waals surface area (Å²) in [5.41, 5.74) is -0.0382. The Hall–Kier alpha value is 0.110. The second kappa shape index (κ2) is 3.11. The fourth-order valence-electron chi connectivity index (χ4n) is 2.33. The molecule has 2 aliphatic rings. The van der Waals surface area contributed by atoms with E-state index in [1.54, 1.807) is 0 Å². The minimum atomic E-state index is -2.37. The topological polar surface area (TPSA) is 12.0 Å². The third-order valence-corrected chi connectivity index (χ3v) is 2.99. The van der Waals surface area contributed by atoms with Crippen molar-refractivity contribution in [2.75, 3.05) is 13.1 Å². The van der Waals surface area contributed by atoms with Crippen LogP contribution in [0.3, 0.4) is 0 Å². The normalized spacial score (nSPS) is 38.5. The van der Waals surface area contributed by atoms with Crippen molar-refractivity contribution in [2.45, 2.75) is 31.6 Å². The summed E-state index contributed by atoms with van der Waals surface area (Å²) in [6, 6.07) is 0. The molecule has 0 bridgehead atoms. The summed E-state index contributed by atoms with van der Waals surface area (Å²) in [6.07, 6.45) is 1.89. The molecule has 2 fully saturated rings. The molecule has 1 heterocycles. The summed E-state index contributed by atoms with van der Waals surface area (Å²) < 4.78 is 25.6. The van der Waals surface area contributed by atoms with Gasteiger partial charge in [-0.2, -0.15) is 0 Å². The molecule has 4 heteroatoms. The molecule has 1 unspecified atom stereocenters. The van der Waals surface area contributed by atoms with E-state index in [1.165, 1.54) is 0 Å². The fourth-order valence-corrected chi connectivity index (χ4v) is 2.33. The summed E-state index contributed by atoms with van der Waals surface area (Å²) in [5, 5.41) is 3.16. The van der Waals surface area contributed by atoms with Crippen molar-refractivity contribution in [3.05, 3.63) is 0 Å². The molecule has 2 rings (SSSR count). The Balaban J connectivity index is 0.000000720. The van der Waals surface area contributed by atoms with Crippen LogP contribution in [0, 0.1) is 5.41 Å². The van der Waals surface area contributed by atoms with Crippen LogP contribution in [-0.2, 0) is 0 Å². The molecule has 72 valence electrons. The Morgan fingerprint density at radius 3 is 2.25 bits per heavy atom. The van der Waals surface area contributed by atoms with Crippen molar-refractivity contribution in [3.63, 3.8) is 0 Å². The minimum absolute atomic E-state index is 0. The SMILES string of the molecule is Cl.FC1(F)CCC2(CCNC2)C1. The van der Waals surface area contributed by atoms with Gasteiger partial charge >= 0.3 is 0 Å². The number of rotatable bonds is 0. The van der Waals surface area contributed by atoms with Gasteiger partial charge in [-0.05, 0) is 24.8 Å². The lowest BCUT2D eigenvalue weighted by Gasteiger charge is -2.20. The smallest absolute Gasteiger partial charge is 0.248 e. The van der Waals surface area contributed by atoms with E-state index in [0.29, 0.717) is 6.42 Å². The Labute approximate surface area is 77.3 Å². The highest BCUT2D eigenvalue weighted by Gasteiger charge is 2.50. The van der Waals surface area contributed by atoms with Crippen molar-refractivity contribution in [1.82, 2.24) is 5.32 Å². The van der Waals surface area contributed by atoms with Gasteiger partial charge in [-0.3, -0.25) is 0 Å². The molecule has 1 atom stereocenters. The van der Waals surface area contributed by atoms with E-state index in [4.69, 9.17) is 0 Å². The van der Waals surface area contributed by atoms with Crippen LogP contribution in [0.4, 0.5) is 8.78 Å². The van der Waals surface area contributed by atoms with E-state index in [9.17, 15) is 8.78 Å². The molecule has 0 aromatic heterocycles. The summed E-state index contributed by atoms with van der Waals surface area (Å²) in [7, 11) is 0. The molecule has 1 aliphatic heterocycles. The molecule has 1 aliphatic carbocycles. The molecule has 1 nitrogen and oxygen atoms in total. The number of hydrogen-bond acceptors (Lipinski definition) is 1. The second-order valence-corrected chi connectivity index (χ2v) is 3.96. The van der Waals surface area contributed by atoms with Gasteiger partial charge in [0.25, 0.3) is 0 Å². The molecule has 1 spiro atoms. The molecule has 12 heavy (non-hydrogen) atoms. The van der Waals surface area contributed by atoms with Crippen molar-refractivity contribution < 1.29 is 8.78 Å². The first-order chi connectivity index (χ1) is 5.12.